The molecule has 16 heavy (non-hydrogen) atoms. The number of rotatable bonds is 4. The van der Waals surface area contributed by atoms with E-state index in [0.717, 1.165) is 12.5 Å². The molecule has 1 amide bonds. The number of hydrogen-bond acceptors (Lipinski definition) is 4. The van der Waals surface area contributed by atoms with Crippen molar-refractivity contribution in [1.29, 1.82) is 0 Å². The van der Waals surface area contributed by atoms with E-state index in [1.54, 1.807) is 11.3 Å². The molecule has 1 N–H and O–H groups in total. The Labute approximate surface area is 107 Å². The van der Waals surface area contributed by atoms with Gasteiger partial charge in [-0.05, 0) is 5.92 Å². The van der Waals surface area contributed by atoms with Crippen molar-refractivity contribution in [2.24, 2.45) is 5.92 Å². The lowest BCUT2D eigenvalue weighted by molar-refractivity contribution is -0.114. The Balaban J connectivity index is 1.82. The molecule has 0 atom stereocenters. The molecule has 1 fully saturated rings. The van der Waals surface area contributed by atoms with Crippen LogP contribution in [0.3, 0.4) is 0 Å². The van der Waals surface area contributed by atoms with E-state index in [1.165, 1.54) is 30.2 Å². The molecule has 2 rings (SSSR count). The molecule has 0 aromatic carbocycles. The lowest BCUT2D eigenvalue weighted by Crippen LogP contribution is -2.45. The summed E-state index contributed by atoms with van der Waals surface area (Å²) in [6.07, 6.45) is 1.85. The van der Waals surface area contributed by atoms with E-state index in [2.05, 4.69) is 31.5 Å². The molecule has 1 saturated heterocycles. The number of nitrogens with zero attached hydrogens (tertiary/aromatic N) is 2. The van der Waals surface area contributed by atoms with E-state index in [1.807, 2.05) is 6.20 Å². The summed E-state index contributed by atoms with van der Waals surface area (Å²) in [6.45, 7) is 4.81. The van der Waals surface area contributed by atoms with Crippen molar-refractivity contribution in [1.82, 2.24) is 9.88 Å². The largest absolute Gasteiger partial charge is 0.302 e. The third-order valence-electron chi connectivity index (χ3n) is 2.58. The fourth-order valence-corrected chi connectivity index (χ4v) is 2.96. The number of aromatic nitrogens is 1. The van der Waals surface area contributed by atoms with Crippen LogP contribution in [-0.4, -0.2) is 45.2 Å². The van der Waals surface area contributed by atoms with Gasteiger partial charge in [-0.3, -0.25) is 9.69 Å². The molecular formula is C10H14AlN3OS. The standard InChI is InChI=1S/C10H14N3OS.Al/c1-7-4-13(5-7)6-9-3-11-10(15-9)12-8(2)14;/h3,7H,1,4-6H2,2H3,(H,11,12,14);. The minimum absolute atomic E-state index is 0.0621. The number of amides is 1. The average molecular weight is 251 g/mol. The van der Waals surface area contributed by atoms with Gasteiger partial charge in [-0.15, -0.1) is 16.6 Å². The predicted octanol–water partition coefficient (Wildman–Crippen LogP) is 1.12. The van der Waals surface area contributed by atoms with Crippen molar-refractivity contribution in [2.75, 3.05) is 18.4 Å². The highest BCUT2D eigenvalue weighted by atomic mass is 32.1. The number of anilines is 1. The van der Waals surface area contributed by atoms with E-state index in [-0.39, 0.29) is 5.91 Å². The van der Waals surface area contributed by atoms with Gasteiger partial charge in [0.2, 0.25) is 5.91 Å². The molecule has 4 nitrogen and oxygen atoms in total. The SMILES string of the molecule is CC(=O)Nc1ncc(CN2CC([CH2][Al])C2)s1. The maximum Gasteiger partial charge on any atom is 0.223 e. The normalized spacial score (nSPS) is 17.1. The van der Waals surface area contributed by atoms with Crippen LogP contribution in [0.5, 0.6) is 0 Å². The summed E-state index contributed by atoms with van der Waals surface area (Å²) in [5.74, 6) is 0.778. The van der Waals surface area contributed by atoms with Crippen molar-refractivity contribution in [2.45, 2.75) is 18.8 Å². The second-order valence-corrected chi connectivity index (χ2v) is 5.70. The first-order valence-electron chi connectivity index (χ1n) is 5.32. The third kappa shape index (κ3) is 3.05. The second-order valence-electron chi connectivity index (χ2n) is 4.11. The van der Waals surface area contributed by atoms with Crippen molar-refractivity contribution in [3.63, 3.8) is 0 Å². The van der Waals surface area contributed by atoms with Gasteiger partial charge < -0.3 is 5.32 Å². The summed E-state index contributed by atoms with van der Waals surface area (Å²) in [6, 6.07) is 0. The minimum Gasteiger partial charge on any atom is -0.302 e. The van der Waals surface area contributed by atoms with Gasteiger partial charge in [0.1, 0.15) is 16.3 Å². The fraction of sp³-hybridized carbons (Fsp3) is 0.600. The number of thiazole rings is 1. The molecule has 1 aliphatic heterocycles. The molecule has 0 saturated carbocycles. The van der Waals surface area contributed by atoms with Crippen LogP contribution in [0.2, 0.25) is 5.28 Å². The molecular weight excluding hydrogens is 237 g/mol. The first-order chi connectivity index (χ1) is 7.67. The molecule has 0 spiro atoms. The van der Waals surface area contributed by atoms with Crippen molar-refractivity contribution in [3.8, 4) is 0 Å². The van der Waals surface area contributed by atoms with E-state index in [4.69, 9.17) is 0 Å². The molecule has 84 valence electrons. The maximum atomic E-state index is 10.8. The molecule has 0 bridgehead atoms. The van der Waals surface area contributed by atoms with E-state index < -0.39 is 0 Å². The molecule has 1 aromatic heterocycles. The van der Waals surface area contributed by atoms with Gasteiger partial charge >= 0.3 is 0 Å². The molecule has 1 aromatic rings. The smallest absolute Gasteiger partial charge is 0.223 e. The summed E-state index contributed by atoms with van der Waals surface area (Å²) in [5.41, 5.74) is 0. The Morgan fingerprint density at radius 1 is 1.75 bits per heavy atom. The van der Waals surface area contributed by atoms with Crippen LogP contribution in [0.25, 0.3) is 0 Å². The highest BCUT2D eigenvalue weighted by Gasteiger charge is 2.24. The van der Waals surface area contributed by atoms with Gasteiger partial charge in [-0.25, -0.2) is 4.98 Å². The zero-order valence-corrected chi connectivity index (χ0v) is 11.2. The van der Waals surface area contributed by atoms with Crippen LogP contribution < -0.4 is 5.32 Å². The van der Waals surface area contributed by atoms with Crippen molar-refractivity contribution in [3.05, 3.63) is 11.1 Å². The number of carbonyl (C=O) groups excluding carboxylic acids is 1. The summed E-state index contributed by atoms with van der Waals surface area (Å²) in [5, 5.41) is 4.59. The molecule has 2 radical (unpaired) electrons. The number of carbonyl (C=O) groups is 1. The molecule has 0 aliphatic carbocycles. The summed E-state index contributed by atoms with van der Waals surface area (Å²) in [4.78, 5) is 18.6. The van der Waals surface area contributed by atoms with Gasteiger partial charge in [0.25, 0.3) is 0 Å². The molecule has 6 heteroatoms. The Hall–Kier alpha value is -0.408. The highest BCUT2D eigenvalue weighted by Crippen LogP contribution is 2.24. The maximum absolute atomic E-state index is 10.8. The van der Waals surface area contributed by atoms with Gasteiger partial charge in [-0.1, -0.05) is 0 Å². The lowest BCUT2D eigenvalue weighted by Gasteiger charge is -2.38. The van der Waals surface area contributed by atoms with Gasteiger partial charge in [-0.2, -0.15) is 0 Å². The second kappa shape index (κ2) is 5.28. The molecule has 1 aliphatic rings. The van der Waals surface area contributed by atoms with Crippen molar-refractivity contribution < 1.29 is 4.79 Å². The Morgan fingerprint density at radius 2 is 2.50 bits per heavy atom. The number of nitrogens with one attached hydrogen (secondary N) is 1. The zero-order valence-electron chi connectivity index (χ0n) is 9.27. The Bertz CT molecular complexity index is 376. The topological polar surface area (TPSA) is 45.2 Å². The average Bonchev–Trinajstić information content (AvgIpc) is 2.57. The molecule has 2 heterocycles. The quantitative estimate of drug-likeness (QED) is 0.816. The molecule has 0 unspecified atom stereocenters. The Kier molecular flexibility index (Phi) is 3.98. The highest BCUT2D eigenvalue weighted by molar-refractivity contribution is 7.15. The summed E-state index contributed by atoms with van der Waals surface area (Å²) >= 11 is 4.35. The zero-order chi connectivity index (χ0) is 11.5. The van der Waals surface area contributed by atoms with Crippen LogP contribution in [0.4, 0.5) is 5.13 Å². The van der Waals surface area contributed by atoms with Gasteiger partial charge in [0.15, 0.2) is 5.13 Å². The van der Waals surface area contributed by atoms with Crippen LogP contribution in [-0.2, 0) is 11.3 Å². The predicted molar refractivity (Wildman–Crippen MR) is 65.7 cm³/mol. The van der Waals surface area contributed by atoms with Crippen LogP contribution in [0.15, 0.2) is 6.20 Å². The Morgan fingerprint density at radius 3 is 3.12 bits per heavy atom. The first kappa shape index (κ1) is 12.1. The summed E-state index contributed by atoms with van der Waals surface area (Å²) < 4.78 is 0. The fourth-order valence-electron chi connectivity index (χ4n) is 1.76. The van der Waals surface area contributed by atoms with Crippen LogP contribution >= 0.6 is 11.3 Å². The third-order valence-corrected chi connectivity index (χ3v) is 4.15. The minimum atomic E-state index is -0.0621. The first-order valence-corrected chi connectivity index (χ1v) is 6.95. The number of likely N-dealkylation sites (tertiary alicyclic amines) is 1. The van der Waals surface area contributed by atoms with Gasteiger partial charge in [0, 0.05) is 37.6 Å². The van der Waals surface area contributed by atoms with Crippen LogP contribution in [0.1, 0.15) is 11.8 Å². The summed E-state index contributed by atoms with van der Waals surface area (Å²) in [7, 11) is 0. The monoisotopic (exact) mass is 251 g/mol. The van der Waals surface area contributed by atoms with E-state index in [0.29, 0.717) is 5.13 Å². The van der Waals surface area contributed by atoms with Crippen LogP contribution in [0, 0.1) is 5.92 Å². The van der Waals surface area contributed by atoms with E-state index >= 15 is 0 Å². The number of hydrogen-bond donors (Lipinski definition) is 1. The van der Waals surface area contributed by atoms with Crippen molar-refractivity contribution >= 4 is 38.7 Å². The lowest BCUT2D eigenvalue weighted by atomic mass is 10.0. The van der Waals surface area contributed by atoms with E-state index in [9.17, 15) is 4.79 Å². The van der Waals surface area contributed by atoms with Gasteiger partial charge in [0.05, 0.1) is 0 Å².